The Hall–Kier alpha value is -3.87. The molecular formula is C19H18F3N9O5S2. The SMILES string of the molecule is Cn1nnnc1SCC1=C(C(=O)O)N2C(=O)C(NC(=O)C(=NOCC(F)(F)F)c3cccc(N)n3)[C@@H]2SC1. The number of anilines is 1. The summed E-state index contributed by atoms with van der Waals surface area (Å²) >= 11 is 2.40. The molecule has 4 heterocycles. The van der Waals surface area contributed by atoms with E-state index in [2.05, 4.69) is 35.8 Å². The van der Waals surface area contributed by atoms with Gasteiger partial charge in [0.2, 0.25) is 11.8 Å². The van der Waals surface area contributed by atoms with Gasteiger partial charge in [0.25, 0.3) is 11.8 Å². The monoisotopic (exact) mass is 573 g/mol. The molecule has 1 fully saturated rings. The highest BCUT2D eigenvalue weighted by Gasteiger charge is 2.54. The Balaban J connectivity index is 1.51. The molecule has 2 aromatic heterocycles. The van der Waals surface area contributed by atoms with E-state index in [0.29, 0.717) is 10.7 Å². The second-order valence-corrected chi connectivity index (χ2v) is 9.82. The van der Waals surface area contributed by atoms with Crippen LogP contribution in [-0.2, 0) is 26.3 Å². The van der Waals surface area contributed by atoms with Crippen molar-refractivity contribution in [3.63, 3.8) is 0 Å². The van der Waals surface area contributed by atoms with Gasteiger partial charge < -0.3 is 21.0 Å². The fourth-order valence-corrected chi connectivity index (χ4v) is 5.79. The van der Waals surface area contributed by atoms with Crippen molar-refractivity contribution >= 4 is 52.8 Å². The van der Waals surface area contributed by atoms with Crippen LogP contribution in [0.25, 0.3) is 0 Å². The number of rotatable bonds is 9. The van der Waals surface area contributed by atoms with Crippen LogP contribution in [0.2, 0.25) is 0 Å². The number of halogens is 3. The van der Waals surface area contributed by atoms with E-state index >= 15 is 0 Å². The normalized spacial score (nSPS) is 19.6. The fourth-order valence-electron chi connectivity index (χ4n) is 3.46. The molecule has 0 aliphatic carbocycles. The molecule has 2 amide bonds. The summed E-state index contributed by atoms with van der Waals surface area (Å²) in [6, 6.07) is 2.89. The van der Waals surface area contributed by atoms with Gasteiger partial charge in [-0.05, 0) is 28.1 Å². The number of thioether (sulfide) groups is 2. The van der Waals surface area contributed by atoms with Crippen LogP contribution >= 0.6 is 23.5 Å². The topological polar surface area (TPSA) is 191 Å². The highest BCUT2D eigenvalue weighted by molar-refractivity contribution is 8.01. The molecule has 0 bridgehead atoms. The molecule has 0 spiro atoms. The largest absolute Gasteiger partial charge is 0.477 e. The van der Waals surface area contributed by atoms with E-state index in [0.717, 1.165) is 4.90 Å². The van der Waals surface area contributed by atoms with Gasteiger partial charge in [-0.15, -0.1) is 16.9 Å². The van der Waals surface area contributed by atoms with Crippen LogP contribution in [0.15, 0.2) is 39.8 Å². The number of aromatic nitrogens is 5. The van der Waals surface area contributed by atoms with E-state index in [4.69, 9.17) is 5.73 Å². The van der Waals surface area contributed by atoms with Crippen molar-refractivity contribution in [3.8, 4) is 0 Å². The molecule has 4 rings (SSSR count). The van der Waals surface area contributed by atoms with Crippen molar-refractivity contribution in [1.82, 2.24) is 35.4 Å². The molecule has 2 aromatic rings. The molecule has 4 N–H and O–H groups in total. The van der Waals surface area contributed by atoms with E-state index in [1.807, 2.05) is 0 Å². The molecule has 2 aliphatic rings. The van der Waals surface area contributed by atoms with Crippen LogP contribution in [-0.4, -0.2) is 94.4 Å². The third kappa shape index (κ3) is 5.82. The van der Waals surface area contributed by atoms with Crippen molar-refractivity contribution < 1.29 is 37.5 Å². The molecule has 2 atom stereocenters. The van der Waals surface area contributed by atoms with Crippen molar-refractivity contribution in [1.29, 1.82) is 0 Å². The molecule has 38 heavy (non-hydrogen) atoms. The number of carboxylic acid groups (broad SMARTS) is 1. The summed E-state index contributed by atoms with van der Waals surface area (Å²) in [5, 5.41) is 26.2. The maximum atomic E-state index is 13.0. The number of β-lactam (4-membered cyclic amide) rings is 1. The molecular weight excluding hydrogens is 555 g/mol. The number of hydrogen-bond donors (Lipinski definition) is 3. The predicted molar refractivity (Wildman–Crippen MR) is 126 cm³/mol. The number of fused-ring (bicyclic) bond motifs is 1. The number of nitrogens with one attached hydrogen (secondary N) is 1. The molecule has 0 radical (unpaired) electrons. The third-order valence-corrected chi connectivity index (χ3v) is 7.54. The first-order valence-corrected chi connectivity index (χ1v) is 12.6. The lowest BCUT2D eigenvalue weighted by atomic mass is 10.0. The van der Waals surface area contributed by atoms with Gasteiger partial charge in [-0.2, -0.15) is 13.2 Å². The van der Waals surface area contributed by atoms with E-state index in [1.165, 1.54) is 46.4 Å². The number of carbonyl (C=O) groups excluding carboxylic acids is 2. The van der Waals surface area contributed by atoms with Crippen LogP contribution in [0, 0.1) is 0 Å². The number of pyridine rings is 1. The van der Waals surface area contributed by atoms with E-state index in [9.17, 15) is 32.7 Å². The molecule has 0 aromatic carbocycles. The molecule has 202 valence electrons. The Morgan fingerprint density at radius 3 is 2.79 bits per heavy atom. The van der Waals surface area contributed by atoms with E-state index in [1.54, 1.807) is 7.05 Å². The third-order valence-electron chi connectivity index (χ3n) is 5.11. The Morgan fingerprint density at radius 1 is 1.39 bits per heavy atom. The number of alkyl halides is 3. The number of hydrogen-bond acceptors (Lipinski definition) is 12. The van der Waals surface area contributed by atoms with Gasteiger partial charge in [-0.3, -0.25) is 14.5 Å². The maximum Gasteiger partial charge on any atom is 0.425 e. The smallest absolute Gasteiger partial charge is 0.425 e. The lowest BCUT2D eigenvalue weighted by Crippen LogP contribution is -2.71. The standard InChI is InChI=1S/C19H18F3N9O5S2/c1-30-18(26-28-29-30)38-6-8-5-37-16-12(15(33)31(16)13(8)17(34)35)25-14(32)11(27-36-7-19(20,21)22)9-3-2-4-10(23)24-9/h2-4,12,16H,5-7H2,1H3,(H2,23,24)(H,25,32)(H,34,35)/t12?,16-/m0/s1. The van der Waals surface area contributed by atoms with Gasteiger partial charge in [-0.25, -0.2) is 14.5 Å². The minimum absolute atomic E-state index is 0.0358. The molecule has 19 heteroatoms. The minimum Gasteiger partial charge on any atom is -0.477 e. The number of aliphatic carboxylic acids is 1. The summed E-state index contributed by atoms with van der Waals surface area (Å²) in [6.07, 6.45) is -4.71. The average Bonchev–Trinajstić information content (AvgIpc) is 3.26. The Kier molecular flexibility index (Phi) is 7.76. The number of carboxylic acids is 1. The zero-order valence-electron chi connectivity index (χ0n) is 19.2. The summed E-state index contributed by atoms with van der Waals surface area (Å²) in [5.41, 5.74) is 5.02. The van der Waals surface area contributed by atoms with Gasteiger partial charge in [0.15, 0.2) is 5.71 Å². The average molecular weight is 574 g/mol. The molecule has 1 saturated heterocycles. The molecule has 0 saturated carbocycles. The van der Waals surface area contributed by atoms with Gasteiger partial charge in [-0.1, -0.05) is 23.0 Å². The van der Waals surface area contributed by atoms with Crippen molar-refractivity contribution in [2.45, 2.75) is 22.7 Å². The Bertz CT molecular complexity index is 1330. The zero-order valence-corrected chi connectivity index (χ0v) is 20.9. The fraction of sp³-hybridized carbons (Fsp3) is 0.368. The van der Waals surface area contributed by atoms with Crippen molar-refractivity contribution in [2.75, 3.05) is 23.8 Å². The Morgan fingerprint density at radius 2 is 2.16 bits per heavy atom. The number of nitrogens with zero attached hydrogens (tertiary/aromatic N) is 7. The highest BCUT2D eigenvalue weighted by Crippen LogP contribution is 2.41. The predicted octanol–water partition coefficient (Wildman–Crippen LogP) is 0.00120. The quantitative estimate of drug-likeness (QED) is 0.158. The second kappa shape index (κ2) is 10.9. The van der Waals surface area contributed by atoms with Crippen LogP contribution in [0.3, 0.4) is 0 Å². The van der Waals surface area contributed by atoms with Crippen molar-refractivity contribution in [3.05, 3.63) is 35.2 Å². The highest BCUT2D eigenvalue weighted by atomic mass is 32.2. The molecule has 14 nitrogen and oxygen atoms in total. The first-order chi connectivity index (χ1) is 18.0. The second-order valence-electron chi connectivity index (χ2n) is 7.77. The number of carbonyl (C=O) groups is 3. The number of tetrazole rings is 1. The van der Waals surface area contributed by atoms with Gasteiger partial charge >= 0.3 is 12.1 Å². The summed E-state index contributed by atoms with van der Waals surface area (Å²) in [5.74, 6) is -2.70. The van der Waals surface area contributed by atoms with Crippen LogP contribution in [0.1, 0.15) is 5.69 Å². The Labute approximate surface area is 219 Å². The van der Waals surface area contributed by atoms with Crippen molar-refractivity contribution in [2.24, 2.45) is 12.2 Å². The number of oxime groups is 1. The minimum atomic E-state index is -4.71. The first-order valence-electron chi connectivity index (χ1n) is 10.5. The van der Waals surface area contributed by atoms with Crippen LogP contribution in [0.5, 0.6) is 0 Å². The van der Waals surface area contributed by atoms with Gasteiger partial charge in [0.1, 0.15) is 28.6 Å². The van der Waals surface area contributed by atoms with E-state index < -0.39 is 47.7 Å². The number of aryl methyl sites for hydroxylation is 1. The number of nitrogens with two attached hydrogens (primary N) is 1. The van der Waals surface area contributed by atoms with E-state index in [-0.39, 0.29) is 28.7 Å². The lowest BCUT2D eigenvalue weighted by Gasteiger charge is -2.49. The summed E-state index contributed by atoms with van der Waals surface area (Å²) in [6.45, 7) is -1.77. The van der Waals surface area contributed by atoms with Crippen LogP contribution in [0.4, 0.5) is 19.0 Å². The zero-order chi connectivity index (χ0) is 27.6. The van der Waals surface area contributed by atoms with Gasteiger partial charge in [0, 0.05) is 18.6 Å². The maximum absolute atomic E-state index is 13.0. The first kappa shape index (κ1) is 27.2. The molecule has 1 unspecified atom stereocenters. The lowest BCUT2D eigenvalue weighted by molar-refractivity contribution is -0.174. The van der Waals surface area contributed by atoms with Crippen LogP contribution < -0.4 is 11.1 Å². The summed E-state index contributed by atoms with van der Waals surface area (Å²) in [7, 11) is 1.62. The molecule has 2 aliphatic heterocycles. The van der Waals surface area contributed by atoms with Gasteiger partial charge in [0.05, 0.1) is 0 Å². The number of nitrogen functional groups attached to an aromatic ring is 1. The summed E-state index contributed by atoms with van der Waals surface area (Å²) in [4.78, 5) is 47.2. The number of amides is 2. The summed E-state index contributed by atoms with van der Waals surface area (Å²) < 4.78 is 39.0.